The molecule has 6 heteroatoms. The van der Waals surface area contributed by atoms with E-state index in [0.717, 1.165) is 45.4 Å². The van der Waals surface area contributed by atoms with Crippen molar-refractivity contribution in [3.05, 3.63) is 0 Å². The molecule has 0 amide bonds. The second-order valence-corrected chi connectivity index (χ2v) is 7.59. The Kier molecular flexibility index (Phi) is 5.62. The van der Waals surface area contributed by atoms with Crippen molar-refractivity contribution in [3.63, 3.8) is 0 Å². The minimum Gasteiger partial charge on any atom is -0.377 e. The third-order valence-corrected chi connectivity index (χ3v) is 6.11. The summed E-state index contributed by atoms with van der Waals surface area (Å²) in [5.74, 6) is 0.540. The zero-order valence-corrected chi connectivity index (χ0v) is 12.6. The predicted molar refractivity (Wildman–Crippen MR) is 75.6 cm³/mol. The second kappa shape index (κ2) is 7.02. The molecule has 5 nitrogen and oxygen atoms in total. The topological polar surface area (TPSA) is 58.6 Å². The van der Waals surface area contributed by atoms with E-state index in [1.165, 1.54) is 0 Å². The van der Waals surface area contributed by atoms with E-state index < -0.39 is 10.0 Å². The number of hydrogen-bond donors (Lipinski definition) is 1. The number of nitrogens with one attached hydrogen (secondary N) is 1. The molecule has 1 N–H and O–H groups in total. The van der Waals surface area contributed by atoms with Gasteiger partial charge >= 0.3 is 0 Å². The molecular formula is C13H26N2O3S. The highest BCUT2D eigenvalue weighted by molar-refractivity contribution is 7.89. The molecule has 0 aromatic rings. The summed E-state index contributed by atoms with van der Waals surface area (Å²) in [5, 5.41) is 3.28. The quantitative estimate of drug-likeness (QED) is 0.787. The monoisotopic (exact) mass is 290 g/mol. The van der Waals surface area contributed by atoms with Gasteiger partial charge in [0, 0.05) is 19.7 Å². The highest BCUT2D eigenvalue weighted by atomic mass is 32.2. The maximum absolute atomic E-state index is 12.5. The molecule has 2 atom stereocenters. The van der Waals surface area contributed by atoms with Crippen molar-refractivity contribution in [2.45, 2.75) is 38.7 Å². The molecule has 0 bridgehead atoms. The molecule has 0 spiro atoms. The van der Waals surface area contributed by atoms with Gasteiger partial charge in [0.2, 0.25) is 10.0 Å². The Morgan fingerprint density at radius 1 is 1.32 bits per heavy atom. The number of rotatable bonds is 6. The van der Waals surface area contributed by atoms with Gasteiger partial charge in [-0.3, -0.25) is 0 Å². The summed E-state index contributed by atoms with van der Waals surface area (Å²) in [6, 6.07) is 0. The molecule has 0 radical (unpaired) electrons. The number of nitrogens with zero attached hydrogens (tertiary/aromatic N) is 1. The Labute approximate surface area is 116 Å². The summed E-state index contributed by atoms with van der Waals surface area (Å²) in [6.07, 6.45) is 4.23. The Morgan fingerprint density at radius 2 is 2.16 bits per heavy atom. The SMILES string of the molecule is CCN(CC1CCCO1)S(=O)(=O)CC1CCCNC1. The Balaban J connectivity index is 1.90. The van der Waals surface area contributed by atoms with E-state index in [-0.39, 0.29) is 17.8 Å². The van der Waals surface area contributed by atoms with Gasteiger partial charge in [0.05, 0.1) is 11.9 Å². The van der Waals surface area contributed by atoms with E-state index in [2.05, 4.69) is 5.32 Å². The maximum atomic E-state index is 12.5. The molecule has 2 rings (SSSR count). The molecule has 2 unspecified atom stereocenters. The summed E-state index contributed by atoms with van der Waals surface area (Å²) >= 11 is 0. The van der Waals surface area contributed by atoms with Gasteiger partial charge in [-0.1, -0.05) is 6.92 Å². The molecule has 2 heterocycles. The van der Waals surface area contributed by atoms with Crippen LogP contribution in [0.2, 0.25) is 0 Å². The average Bonchev–Trinajstić information content (AvgIpc) is 2.89. The second-order valence-electron chi connectivity index (χ2n) is 5.58. The first-order valence-electron chi connectivity index (χ1n) is 7.42. The van der Waals surface area contributed by atoms with Crippen LogP contribution in [0, 0.1) is 5.92 Å². The number of likely N-dealkylation sites (N-methyl/N-ethyl adjacent to an activating group) is 1. The van der Waals surface area contributed by atoms with E-state index in [4.69, 9.17) is 4.74 Å². The molecule has 19 heavy (non-hydrogen) atoms. The fraction of sp³-hybridized carbons (Fsp3) is 1.00. The number of hydrogen-bond acceptors (Lipinski definition) is 4. The minimum absolute atomic E-state index is 0.0965. The summed E-state index contributed by atoms with van der Waals surface area (Å²) in [6.45, 7) is 5.60. The van der Waals surface area contributed by atoms with E-state index in [1.807, 2.05) is 6.92 Å². The lowest BCUT2D eigenvalue weighted by Crippen LogP contribution is -2.42. The maximum Gasteiger partial charge on any atom is 0.214 e. The van der Waals surface area contributed by atoms with Gasteiger partial charge in [0.25, 0.3) is 0 Å². The van der Waals surface area contributed by atoms with Gasteiger partial charge < -0.3 is 10.1 Å². The molecule has 2 saturated heterocycles. The van der Waals surface area contributed by atoms with Crippen LogP contribution in [-0.4, -0.2) is 57.4 Å². The fourth-order valence-corrected chi connectivity index (χ4v) is 4.80. The lowest BCUT2D eigenvalue weighted by Gasteiger charge is -2.28. The molecule has 0 saturated carbocycles. The van der Waals surface area contributed by atoms with Crippen molar-refractivity contribution in [3.8, 4) is 0 Å². The first-order valence-corrected chi connectivity index (χ1v) is 9.03. The summed E-state index contributed by atoms with van der Waals surface area (Å²) in [7, 11) is -3.15. The van der Waals surface area contributed by atoms with Gasteiger partial charge in [-0.2, -0.15) is 4.31 Å². The van der Waals surface area contributed by atoms with E-state index in [9.17, 15) is 8.42 Å². The van der Waals surface area contributed by atoms with Gasteiger partial charge in [0.15, 0.2) is 0 Å². The van der Waals surface area contributed by atoms with Gasteiger partial charge in [-0.25, -0.2) is 8.42 Å². The van der Waals surface area contributed by atoms with Crippen LogP contribution in [0.4, 0.5) is 0 Å². The molecule has 112 valence electrons. The average molecular weight is 290 g/mol. The third-order valence-electron chi connectivity index (χ3n) is 4.02. The normalized spacial score (nSPS) is 28.9. The standard InChI is InChI=1S/C13H26N2O3S/c1-2-15(10-13-6-4-8-18-13)19(16,17)11-12-5-3-7-14-9-12/h12-14H,2-11H2,1H3. The van der Waals surface area contributed by atoms with Crippen molar-refractivity contribution in [1.82, 2.24) is 9.62 Å². The lowest BCUT2D eigenvalue weighted by atomic mass is 10.0. The summed E-state index contributed by atoms with van der Waals surface area (Å²) in [5.41, 5.74) is 0. The van der Waals surface area contributed by atoms with Gasteiger partial charge in [-0.05, 0) is 44.7 Å². The number of ether oxygens (including phenoxy) is 1. The third kappa shape index (κ3) is 4.41. The zero-order valence-electron chi connectivity index (χ0n) is 11.8. The van der Waals surface area contributed by atoms with Crippen LogP contribution in [0.1, 0.15) is 32.6 Å². The predicted octanol–water partition coefficient (Wildman–Crippen LogP) is 0.817. The molecule has 0 aliphatic carbocycles. The smallest absolute Gasteiger partial charge is 0.214 e. The van der Waals surface area contributed by atoms with E-state index in [0.29, 0.717) is 13.1 Å². The number of sulfonamides is 1. The molecular weight excluding hydrogens is 264 g/mol. The Bertz CT molecular complexity index is 360. The van der Waals surface area contributed by atoms with Crippen LogP contribution >= 0.6 is 0 Å². The molecule has 2 aliphatic rings. The Morgan fingerprint density at radius 3 is 2.74 bits per heavy atom. The van der Waals surface area contributed by atoms with Crippen LogP contribution in [0.15, 0.2) is 0 Å². The van der Waals surface area contributed by atoms with Crippen molar-refractivity contribution >= 4 is 10.0 Å². The van der Waals surface area contributed by atoms with Crippen LogP contribution < -0.4 is 5.32 Å². The highest BCUT2D eigenvalue weighted by Gasteiger charge is 2.29. The van der Waals surface area contributed by atoms with Crippen molar-refractivity contribution < 1.29 is 13.2 Å². The molecule has 0 aromatic carbocycles. The zero-order chi connectivity index (χ0) is 13.7. The van der Waals surface area contributed by atoms with Crippen molar-refractivity contribution in [2.24, 2.45) is 5.92 Å². The lowest BCUT2D eigenvalue weighted by molar-refractivity contribution is 0.0945. The van der Waals surface area contributed by atoms with Crippen LogP contribution in [0.5, 0.6) is 0 Å². The summed E-state index contributed by atoms with van der Waals surface area (Å²) in [4.78, 5) is 0. The fourth-order valence-electron chi connectivity index (χ4n) is 2.92. The van der Waals surface area contributed by atoms with Crippen LogP contribution in [0.3, 0.4) is 0 Å². The molecule has 2 fully saturated rings. The van der Waals surface area contributed by atoms with Crippen LogP contribution in [0.25, 0.3) is 0 Å². The molecule has 2 aliphatic heterocycles. The first-order chi connectivity index (χ1) is 9.12. The highest BCUT2D eigenvalue weighted by Crippen LogP contribution is 2.18. The van der Waals surface area contributed by atoms with E-state index >= 15 is 0 Å². The van der Waals surface area contributed by atoms with E-state index in [1.54, 1.807) is 4.31 Å². The van der Waals surface area contributed by atoms with Crippen molar-refractivity contribution in [2.75, 3.05) is 38.5 Å². The Hall–Kier alpha value is -0.170. The molecule has 0 aromatic heterocycles. The van der Waals surface area contributed by atoms with Gasteiger partial charge in [-0.15, -0.1) is 0 Å². The van der Waals surface area contributed by atoms with Gasteiger partial charge in [0.1, 0.15) is 0 Å². The minimum atomic E-state index is -3.15. The van der Waals surface area contributed by atoms with Crippen LogP contribution in [-0.2, 0) is 14.8 Å². The largest absolute Gasteiger partial charge is 0.377 e. The number of piperidine rings is 1. The van der Waals surface area contributed by atoms with Crippen molar-refractivity contribution in [1.29, 1.82) is 0 Å². The first kappa shape index (κ1) is 15.2. The summed E-state index contributed by atoms with van der Waals surface area (Å²) < 4.78 is 32.1.